The van der Waals surface area contributed by atoms with E-state index in [-0.39, 0.29) is 33.6 Å². The van der Waals surface area contributed by atoms with E-state index < -0.39 is 10.0 Å². The maximum absolute atomic E-state index is 13.0. The van der Waals surface area contributed by atoms with Gasteiger partial charge in [-0.05, 0) is 25.0 Å². The molecule has 0 bridgehead atoms. The molecule has 3 rings (SSSR count). The third-order valence-corrected chi connectivity index (χ3v) is 8.29. The average molecular weight is 438 g/mol. The van der Waals surface area contributed by atoms with E-state index in [1.54, 1.807) is 11.0 Å². The van der Waals surface area contributed by atoms with E-state index in [0.717, 1.165) is 31.0 Å². The molecule has 0 aliphatic carbocycles. The Kier molecular flexibility index (Phi) is 6.61. The lowest BCUT2D eigenvalue weighted by atomic mass is 10.1. The number of hydrogen-bond donors (Lipinski definition) is 1. The van der Waals surface area contributed by atoms with Gasteiger partial charge in [-0.1, -0.05) is 29.3 Å². The first-order valence-electron chi connectivity index (χ1n) is 8.47. The molecule has 1 aromatic carbocycles. The fraction of sp³-hybridized carbons (Fsp3) is 0.562. The normalized spacial score (nSPS) is 22.2. The number of sulfonamides is 1. The molecule has 2 fully saturated rings. The van der Waals surface area contributed by atoms with E-state index >= 15 is 0 Å². The van der Waals surface area contributed by atoms with E-state index in [1.165, 1.54) is 16.4 Å². The van der Waals surface area contributed by atoms with Gasteiger partial charge in [-0.3, -0.25) is 0 Å². The maximum Gasteiger partial charge on any atom is 0.317 e. The van der Waals surface area contributed by atoms with Crippen LogP contribution >= 0.6 is 35.0 Å². The summed E-state index contributed by atoms with van der Waals surface area (Å²) in [5.41, 5.74) is 0. The summed E-state index contributed by atoms with van der Waals surface area (Å²) < 4.78 is 27.3. The summed E-state index contributed by atoms with van der Waals surface area (Å²) in [5.74, 6) is 1.87. The predicted molar refractivity (Wildman–Crippen MR) is 106 cm³/mol. The van der Waals surface area contributed by atoms with Crippen LogP contribution in [-0.4, -0.2) is 67.4 Å². The van der Waals surface area contributed by atoms with Gasteiger partial charge in [0.15, 0.2) is 0 Å². The van der Waals surface area contributed by atoms with Crippen LogP contribution in [0.1, 0.15) is 12.8 Å². The molecule has 2 amide bonds. The molecule has 2 aliphatic heterocycles. The number of nitrogens with one attached hydrogen (secondary N) is 1. The van der Waals surface area contributed by atoms with Gasteiger partial charge in [-0.25, -0.2) is 13.2 Å². The molecule has 2 aliphatic rings. The Bertz CT molecular complexity index is 750. The van der Waals surface area contributed by atoms with Crippen LogP contribution in [0.2, 0.25) is 10.0 Å². The first kappa shape index (κ1) is 20.1. The second kappa shape index (κ2) is 8.56. The standard InChI is InChI=1S/C16H21Cl2N3O3S2/c17-13-4-1-5-14(18)15(13)26(23,24)21-6-2-3-12(11-21)19-16(22)20-7-9-25-10-8-20/h1,4-5,12H,2-3,6-11H2,(H,19,22). The Labute approximate surface area is 168 Å². The van der Waals surface area contributed by atoms with Crippen molar-refractivity contribution >= 4 is 51.0 Å². The van der Waals surface area contributed by atoms with Crippen molar-refractivity contribution in [2.45, 2.75) is 23.8 Å². The molecule has 1 N–H and O–H groups in total. The second-order valence-electron chi connectivity index (χ2n) is 6.30. The highest BCUT2D eigenvalue weighted by molar-refractivity contribution is 7.99. The predicted octanol–water partition coefficient (Wildman–Crippen LogP) is 2.90. The second-order valence-corrected chi connectivity index (χ2v) is 10.2. The minimum Gasteiger partial charge on any atom is -0.334 e. The van der Waals surface area contributed by atoms with Crippen molar-refractivity contribution in [3.63, 3.8) is 0 Å². The number of carbonyl (C=O) groups excluding carboxylic acids is 1. The van der Waals surface area contributed by atoms with Gasteiger partial charge in [0, 0.05) is 43.7 Å². The van der Waals surface area contributed by atoms with Gasteiger partial charge >= 0.3 is 6.03 Å². The van der Waals surface area contributed by atoms with Crippen LogP contribution in [0.4, 0.5) is 4.79 Å². The number of nitrogens with zero attached hydrogens (tertiary/aromatic N) is 2. The molecule has 2 heterocycles. The Hall–Kier alpha value is -0.670. The zero-order valence-corrected chi connectivity index (χ0v) is 17.3. The quantitative estimate of drug-likeness (QED) is 0.788. The van der Waals surface area contributed by atoms with Crippen LogP contribution in [-0.2, 0) is 10.0 Å². The molecule has 10 heteroatoms. The first-order chi connectivity index (χ1) is 12.4. The Morgan fingerprint density at radius 2 is 1.81 bits per heavy atom. The number of halogens is 2. The third-order valence-electron chi connectivity index (χ3n) is 4.53. The highest BCUT2D eigenvalue weighted by Gasteiger charge is 2.34. The summed E-state index contributed by atoms with van der Waals surface area (Å²) in [5, 5.41) is 3.19. The van der Waals surface area contributed by atoms with Crippen LogP contribution < -0.4 is 5.32 Å². The molecule has 1 unspecified atom stereocenters. The maximum atomic E-state index is 13.0. The molecule has 0 radical (unpaired) electrons. The number of benzene rings is 1. The van der Waals surface area contributed by atoms with Crippen molar-refractivity contribution in [1.82, 2.24) is 14.5 Å². The number of hydrogen-bond acceptors (Lipinski definition) is 4. The van der Waals surface area contributed by atoms with Gasteiger partial charge in [-0.15, -0.1) is 0 Å². The van der Waals surface area contributed by atoms with Gasteiger partial charge in [0.05, 0.1) is 10.0 Å². The monoisotopic (exact) mass is 437 g/mol. The molecule has 1 atom stereocenters. The number of thioether (sulfide) groups is 1. The van der Waals surface area contributed by atoms with Crippen molar-refractivity contribution in [2.75, 3.05) is 37.7 Å². The van der Waals surface area contributed by atoms with Gasteiger partial charge in [0.1, 0.15) is 4.90 Å². The van der Waals surface area contributed by atoms with Crippen LogP contribution in [0.3, 0.4) is 0 Å². The third kappa shape index (κ3) is 4.42. The van der Waals surface area contributed by atoms with Crippen LogP contribution in [0.25, 0.3) is 0 Å². The average Bonchev–Trinajstić information content (AvgIpc) is 2.62. The van der Waals surface area contributed by atoms with Gasteiger partial charge < -0.3 is 10.2 Å². The SMILES string of the molecule is O=C(NC1CCCN(S(=O)(=O)c2c(Cl)cccc2Cl)C1)N1CCSCC1. The summed E-state index contributed by atoms with van der Waals surface area (Å²) in [6.45, 7) is 2.05. The highest BCUT2D eigenvalue weighted by Crippen LogP contribution is 2.32. The molecular formula is C16H21Cl2N3O3S2. The summed E-state index contributed by atoms with van der Waals surface area (Å²) in [6, 6.07) is 4.29. The van der Waals surface area contributed by atoms with E-state index in [1.807, 2.05) is 11.8 Å². The topological polar surface area (TPSA) is 69.7 Å². The van der Waals surface area contributed by atoms with Crippen molar-refractivity contribution in [3.05, 3.63) is 28.2 Å². The smallest absolute Gasteiger partial charge is 0.317 e. The van der Waals surface area contributed by atoms with Gasteiger partial charge in [0.25, 0.3) is 0 Å². The number of carbonyl (C=O) groups is 1. The number of amides is 2. The molecule has 26 heavy (non-hydrogen) atoms. The molecule has 0 saturated carbocycles. The summed E-state index contributed by atoms with van der Waals surface area (Å²) in [4.78, 5) is 14.1. The zero-order chi connectivity index (χ0) is 18.7. The summed E-state index contributed by atoms with van der Waals surface area (Å²) in [7, 11) is -3.82. The lowest BCUT2D eigenvalue weighted by molar-refractivity contribution is 0.190. The highest BCUT2D eigenvalue weighted by atomic mass is 35.5. The van der Waals surface area contributed by atoms with Crippen molar-refractivity contribution < 1.29 is 13.2 Å². The van der Waals surface area contributed by atoms with Gasteiger partial charge in [-0.2, -0.15) is 16.1 Å². The largest absolute Gasteiger partial charge is 0.334 e. The minimum atomic E-state index is -3.82. The lowest BCUT2D eigenvalue weighted by Crippen LogP contribution is -2.53. The zero-order valence-electron chi connectivity index (χ0n) is 14.2. The molecule has 0 spiro atoms. The van der Waals surface area contributed by atoms with Gasteiger partial charge in [0.2, 0.25) is 10.0 Å². The molecule has 6 nitrogen and oxygen atoms in total. The molecule has 1 aromatic rings. The minimum absolute atomic E-state index is 0.0663. The van der Waals surface area contributed by atoms with Crippen molar-refractivity contribution in [2.24, 2.45) is 0 Å². The fourth-order valence-corrected chi connectivity index (χ4v) is 6.69. The summed E-state index contributed by atoms with van der Waals surface area (Å²) in [6.07, 6.45) is 1.42. The van der Waals surface area contributed by atoms with Crippen LogP contribution in [0.15, 0.2) is 23.1 Å². The number of rotatable bonds is 3. The van der Waals surface area contributed by atoms with E-state index in [2.05, 4.69) is 5.32 Å². The van der Waals surface area contributed by atoms with E-state index in [9.17, 15) is 13.2 Å². The van der Waals surface area contributed by atoms with Crippen LogP contribution in [0, 0.1) is 0 Å². The van der Waals surface area contributed by atoms with Crippen molar-refractivity contribution in [3.8, 4) is 0 Å². The molecule has 2 saturated heterocycles. The van der Waals surface area contributed by atoms with E-state index in [0.29, 0.717) is 13.0 Å². The Morgan fingerprint density at radius 1 is 1.15 bits per heavy atom. The fourth-order valence-electron chi connectivity index (χ4n) is 3.17. The lowest BCUT2D eigenvalue weighted by Gasteiger charge is -2.34. The molecular weight excluding hydrogens is 417 g/mol. The molecule has 144 valence electrons. The van der Waals surface area contributed by atoms with E-state index in [4.69, 9.17) is 23.2 Å². The summed E-state index contributed by atoms with van der Waals surface area (Å²) >= 11 is 14.0. The number of urea groups is 1. The Balaban J connectivity index is 1.70. The van der Waals surface area contributed by atoms with Crippen molar-refractivity contribution in [1.29, 1.82) is 0 Å². The van der Waals surface area contributed by atoms with Crippen LogP contribution in [0.5, 0.6) is 0 Å². The molecule has 0 aromatic heterocycles. The Morgan fingerprint density at radius 3 is 2.46 bits per heavy atom. The first-order valence-corrected chi connectivity index (χ1v) is 11.8. The number of piperidine rings is 1.